The SMILES string of the molecule is COC(=O)CSCCCCN1C(=O)CCC1CO. The van der Waals surface area contributed by atoms with E-state index >= 15 is 0 Å². The van der Waals surface area contributed by atoms with Crippen LogP contribution in [0.2, 0.25) is 0 Å². The van der Waals surface area contributed by atoms with E-state index in [4.69, 9.17) is 5.11 Å². The van der Waals surface area contributed by atoms with Crippen LogP contribution in [0.4, 0.5) is 0 Å². The highest BCUT2D eigenvalue weighted by Crippen LogP contribution is 2.19. The van der Waals surface area contributed by atoms with E-state index in [9.17, 15) is 9.59 Å². The minimum Gasteiger partial charge on any atom is -0.468 e. The Hall–Kier alpha value is -0.750. The first kappa shape index (κ1) is 15.3. The zero-order valence-corrected chi connectivity index (χ0v) is 11.6. The third-order valence-corrected chi connectivity index (χ3v) is 4.07. The van der Waals surface area contributed by atoms with Crippen LogP contribution in [0.25, 0.3) is 0 Å². The number of thioether (sulfide) groups is 1. The Balaban J connectivity index is 2.07. The first-order chi connectivity index (χ1) is 8.69. The molecule has 0 aromatic heterocycles. The van der Waals surface area contributed by atoms with Crippen LogP contribution in [-0.2, 0) is 14.3 Å². The molecule has 1 saturated heterocycles. The molecule has 1 amide bonds. The number of carbonyl (C=O) groups is 2. The summed E-state index contributed by atoms with van der Waals surface area (Å²) in [7, 11) is 1.39. The molecule has 0 aromatic carbocycles. The average molecular weight is 275 g/mol. The number of likely N-dealkylation sites (tertiary alicyclic amines) is 1. The average Bonchev–Trinajstić information content (AvgIpc) is 2.74. The number of carbonyl (C=O) groups excluding carboxylic acids is 2. The van der Waals surface area contributed by atoms with E-state index in [1.807, 2.05) is 0 Å². The fourth-order valence-corrected chi connectivity index (χ4v) is 2.83. The molecule has 5 nitrogen and oxygen atoms in total. The number of unbranched alkanes of at least 4 members (excludes halogenated alkanes) is 1. The summed E-state index contributed by atoms with van der Waals surface area (Å²) in [4.78, 5) is 24.2. The molecule has 0 radical (unpaired) electrons. The summed E-state index contributed by atoms with van der Waals surface area (Å²) in [6.45, 7) is 0.770. The molecule has 6 heteroatoms. The Labute approximate surface area is 112 Å². The van der Waals surface area contributed by atoms with Crippen molar-refractivity contribution in [1.29, 1.82) is 0 Å². The van der Waals surface area contributed by atoms with Crippen molar-refractivity contribution in [3.05, 3.63) is 0 Å². The van der Waals surface area contributed by atoms with Crippen LogP contribution in [-0.4, -0.2) is 59.7 Å². The van der Waals surface area contributed by atoms with Gasteiger partial charge < -0.3 is 14.7 Å². The third-order valence-electron chi connectivity index (χ3n) is 3.05. The van der Waals surface area contributed by atoms with Gasteiger partial charge in [0.1, 0.15) is 0 Å². The summed E-state index contributed by atoms with van der Waals surface area (Å²) in [6.07, 6.45) is 3.20. The topological polar surface area (TPSA) is 66.8 Å². The highest BCUT2D eigenvalue weighted by atomic mass is 32.2. The molecule has 0 bridgehead atoms. The maximum Gasteiger partial charge on any atom is 0.315 e. The molecule has 1 rings (SSSR count). The van der Waals surface area contributed by atoms with E-state index in [0.717, 1.165) is 25.0 Å². The lowest BCUT2D eigenvalue weighted by Crippen LogP contribution is -2.36. The predicted octanol–water partition coefficient (Wildman–Crippen LogP) is 0.656. The predicted molar refractivity (Wildman–Crippen MR) is 70.4 cm³/mol. The Kier molecular flexibility index (Phi) is 7.12. The normalized spacial score (nSPS) is 19.3. The minimum absolute atomic E-state index is 0.0141. The van der Waals surface area contributed by atoms with Crippen molar-refractivity contribution in [3.8, 4) is 0 Å². The van der Waals surface area contributed by atoms with Gasteiger partial charge in [-0.25, -0.2) is 0 Å². The van der Waals surface area contributed by atoms with Crippen molar-refractivity contribution >= 4 is 23.6 Å². The maximum absolute atomic E-state index is 11.5. The number of ether oxygens (including phenoxy) is 1. The second kappa shape index (κ2) is 8.37. The Bertz CT molecular complexity index is 285. The summed E-state index contributed by atoms with van der Waals surface area (Å²) < 4.78 is 4.54. The van der Waals surface area contributed by atoms with Crippen LogP contribution >= 0.6 is 11.8 Å². The van der Waals surface area contributed by atoms with Crippen LogP contribution in [0.15, 0.2) is 0 Å². The molecule has 0 saturated carbocycles. The van der Waals surface area contributed by atoms with E-state index in [1.165, 1.54) is 7.11 Å². The van der Waals surface area contributed by atoms with Crippen LogP contribution in [0, 0.1) is 0 Å². The van der Waals surface area contributed by atoms with Gasteiger partial charge in [0.25, 0.3) is 0 Å². The molecule has 1 heterocycles. The standard InChI is InChI=1S/C12H21NO4S/c1-17-12(16)9-18-7-3-2-6-13-10(8-14)4-5-11(13)15/h10,14H,2-9H2,1H3. The Morgan fingerprint density at radius 3 is 3.00 bits per heavy atom. The van der Waals surface area contributed by atoms with Crippen molar-refractivity contribution in [2.75, 3.05) is 31.8 Å². The number of methoxy groups -OCH3 is 1. The second-order valence-corrected chi connectivity index (χ2v) is 5.40. The van der Waals surface area contributed by atoms with Gasteiger partial charge in [0.15, 0.2) is 0 Å². The van der Waals surface area contributed by atoms with Crippen LogP contribution in [0.3, 0.4) is 0 Å². The number of aliphatic hydroxyl groups excluding tert-OH is 1. The van der Waals surface area contributed by atoms with E-state index in [-0.39, 0.29) is 24.5 Å². The summed E-state index contributed by atoms with van der Waals surface area (Å²) in [6, 6.07) is 0.0141. The van der Waals surface area contributed by atoms with Gasteiger partial charge >= 0.3 is 5.97 Å². The highest BCUT2D eigenvalue weighted by Gasteiger charge is 2.29. The molecule has 1 aliphatic heterocycles. The van der Waals surface area contributed by atoms with Crippen molar-refractivity contribution < 1.29 is 19.4 Å². The fraction of sp³-hybridized carbons (Fsp3) is 0.833. The van der Waals surface area contributed by atoms with Crippen LogP contribution in [0.5, 0.6) is 0 Å². The Morgan fingerprint density at radius 2 is 2.33 bits per heavy atom. The van der Waals surface area contributed by atoms with E-state index < -0.39 is 0 Å². The van der Waals surface area contributed by atoms with Gasteiger partial charge in [0, 0.05) is 13.0 Å². The third kappa shape index (κ3) is 4.86. The molecule has 0 aromatic rings. The van der Waals surface area contributed by atoms with Gasteiger partial charge in [-0.15, -0.1) is 0 Å². The molecular weight excluding hydrogens is 254 g/mol. The largest absolute Gasteiger partial charge is 0.468 e. The molecule has 1 N–H and O–H groups in total. The fourth-order valence-electron chi connectivity index (χ4n) is 1.99. The number of hydrogen-bond acceptors (Lipinski definition) is 5. The molecule has 1 aliphatic rings. The summed E-state index contributed by atoms with van der Waals surface area (Å²) >= 11 is 1.55. The van der Waals surface area contributed by atoms with Crippen LogP contribution in [0.1, 0.15) is 25.7 Å². The molecular formula is C12H21NO4S. The van der Waals surface area contributed by atoms with Gasteiger partial charge in [-0.3, -0.25) is 9.59 Å². The number of esters is 1. The number of rotatable bonds is 8. The van der Waals surface area contributed by atoms with E-state index in [2.05, 4.69) is 4.74 Å². The number of amides is 1. The second-order valence-electron chi connectivity index (χ2n) is 4.30. The molecule has 104 valence electrons. The molecule has 0 aliphatic carbocycles. The Morgan fingerprint density at radius 1 is 1.56 bits per heavy atom. The highest BCUT2D eigenvalue weighted by molar-refractivity contribution is 7.99. The van der Waals surface area contributed by atoms with Gasteiger partial charge in [0.2, 0.25) is 5.91 Å². The monoisotopic (exact) mass is 275 g/mol. The molecule has 1 fully saturated rings. The smallest absolute Gasteiger partial charge is 0.315 e. The first-order valence-corrected chi connectivity index (χ1v) is 7.39. The summed E-state index contributed by atoms with van der Waals surface area (Å²) in [5.41, 5.74) is 0. The van der Waals surface area contributed by atoms with Crippen molar-refractivity contribution in [2.24, 2.45) is 0 Å². The van der Waals surface area contributed by atoms with Gasteiger partial charge in [0.05, 0.1) is 25.5 Å². The van der Waals surface area contributed by atoms with Crippen molar-refractivity contribution in [1.82, 2.24) is 4.90 Å². The molecule has 0 spiro atoms. The first-order valence-electron chi connectivity index (χ1n) is 6.24. The number of aliphatic hydroxyl groups is 1. The molecule has 1 unspecified atom stereocenters. The van der Waals surface area contributed by atoms with E-state index in [1.54, 1.807) is 16.7 Å². The maximum atomic E-state index is 11.5. The lowest BCUT2D eigenvalue weighted by molar-refractivity contribution is -0.137. The van der Waals surface area contributed by atoms with Gasteiger partial charge in [-0.2, -0.15) is 11.8 Å². The van der Waals surface area contributed by atoms with Crippen molar-refractivity contribution in [2.45, 2.75) is 31.7 Å². The summed E-state index contributed by atoms with van der Waals surface area (Å²) in [5.74, 6) is 1.23. The van der Waals surface area contributed by atoms with Crippen molar-refractivity contribution in [3.63, 3.8) is 0 Å². The number of nitrogens with zero attached hydrogens (tertiary/aromatic N) is 1. The number of hydrogen-bond donors (Lipinski definition) is 1. The minimum atomic E-state index is -0.199. The zero-order valence-electron chi connectivity index (χ0n) is 10.8. The zero-order chi connectivity index (χ0) is 13.4. The van der Waals surface area contributed by atoms with Gasteiger partial charge in [-0.1, -0.05) is 0 Å². The van der Waals surface area contributed by atoms with E-state index in [0.29, 0.717) is 18.7 Å². The lowest BCUT2D eigenvalue weighted by atomic mass is 10.2. The quantitative estimate of drug-likeness (QED) is 0.520. The molecule has 1 atom stereocenters. The summed E-state index contributed by atoms with van der Waals surface area (Å²) in [5, 5.41) is 9.13. The van der Waals surface area contributed by atoms with Gasteiger partial charge in [-0.05, 0) is 25.0 Å². The lowest BCUT2D eigenvalue weighted by Gasteiger charge is -2.22. The van der Waals surface area contributed by atoms with Crippen LogP contribution < -0.4 is 0 Å². The molecule has 18 heavy (non-hydrogen) atoms.